The summed E-state index contributed by atoms with van der Waals surface area (Å²) in [6.45, 7) is 0.718. The first-order valence-electron chi connectivity index (χ1n) is 9.06. The molecule has 4 aromatic rings. The van der Waals surface area contributed by atoms with Crippen LogP contribution < -0.4 is 0 Å². The fourth-order valence-electron chi connectivity index (χ4n) is 3.72. The fourth-order valence-corrected chi connectivity index (χ4v) is 3.72. The third-order valence-corrected chi connectivity index (χ3v) is 5.01. The summed E-state index contributed by atoms with van der Waals surface area (Å²) < 4.78 is 7.71. The lowest BCUT2D eigenvalue weighted by Crippen LogP contribution is -2.30. The third-order valence-electron chi connectivity index (χ3n) is 5.01. The van der Waals surface area contributed by atoms with E-state index >= 15 is 0 Å². The van der Waals surface area contributed by atoms with E-state index in [0.717, 1.165) is 41.8 Å². The fraction of sp³-hybridized carbons (Fsp3) is 0.190. The van der Waals surface area contributed by atoms with Crippen LogP contribution in [0.2, 0.25) is 0 Å². The number of likely N-dealkylation sites (tertiary alicyclic amines) is 1. The third kappa shape index (κ3) is 2.79. The zero-order valence-corrected chi connectivity index (χ0v) is 14.7. The second kappa shape index (κ2) is 6.39. The van der Waals surface area contributed by atoms with Crippen molar-refractivity contribution >= 4 is 28.6 Å². The number of aromatic nitrogens is 3. The van der Waals surface area contributed by atoms with Gasteiger partial charge in [0.1, 0.15) is 11.3 Å². The largest absolute Gasteiger partial charge is 0.457 e. The van der Waals surface area contributed by atoms with Crippen molar-refractivity contribution in [2.75, 3.05) is 6.54 Å². The average Bonchev–Trinajstić information content (AvgIpc) is 3.42. The number of furan rings is 1. The SMILES string of the molecule is O=C(/C=C/c1cc2ccccc2o1)N1CCC[C@H]1c1nnc2ccccn12. The zero-order chi connectivity index (χ0) is 18.2. The number of carbonyl (C=O) groups excluding carboxylic acids is 1. The van der Waals surface area contributed by atoms with Crippen molar-refractivity contribution in [3.63, 3.8) is 0 Å². The van der Waals surface area contributed by atoms with Crippen molar-refractivity contribution in [1.82, 2.24) is 19.5 Å². The Morgan fingerprint density at radius 1 is 1.15 bits per heavy atom. The van der Waals surface area contributed by atoms with Gasteiger partial charge in [0.25, 0.3) is 0 Å². The van der Waals surface area contributed by atoms with Gasteiger partial charge in [-0.05, 0) is 43.2 Å². The quantitative estimate of drug-likeness (QED) is 0.522. The van der Waals surface area contributed by atoms with Crippen LogP contribution in [-0.2, 0) is 4.79 Å². The summed E-state index contributed by atoms with van der Waals surface area (Å²) in [5.41, 5.74) is 1.61. The number of rotatable bonds is 3. The average molecular weight is 358 g/mol. The van der Waals surface area contributed by atoms with Gasteiger partial charge in [0, 0.05) is 24.2 Å². The van der Waals surface area contributed by atoms with Gasteiger partial charge in [0.15, 0.2) is 11.5 Å². The molecule has 0 spiro atoms. The molecule has 1 fully saturated rings. The van der Waals surface area contributed by atoms with Crippen LogP contribution >= 0.6 is 0 Å². The number of hydrogen-bond donors (Lipinski definition) is 0. The molecular formula is C21H18N4O2. The first kappa shape index (κ1) is 15.8. The summed E-state index contributed by atoms with van der Waals surface area (Å²) in [6.07, 6.45) is 7.10. The summed E-state index contributed by atoms with van der Waals surface area (Å²) in [5.74, 6) is 1.45. The van der Waals surface area contributed by atoms with Gasteiger partial charge in [-0.2, -0.15) is 0 Å². The van der Waals surface area contributed by atoms with E-state index < -0.39 is 0 Å². The Morgan fingerprint density at radius 3 is 2.96 bits per heavy atom. The molecule has 1 atom stereocenters. The highest BCUT2D eigenvalue weighted by Crippen LogP contribution is 2.31. The van der Waals surface area contributed by atoms with E-state index in [4.69, 9.17) is 4.42 Å². The van der Waals surface area contributed by atoms with Crippen molar-refractivity contribution in [3.8, 4) is 0 Å². The van der Waals surface area contributed by atoms with Crippen molar-refractivity contribution in [3.05, 3.63) is 72.4 Å². The van der Waals surface area contributed by atoms with E-state index in [0.29, 0.717) is 5.76 Å². The lowest BCUT2D eigenvalue weighted by molar-refractivity contribution is -0.127. The molecular weight excluding hydrogens is 340 g/mol. The highest BCUT2D eigenvalue weighted by atomic mass is 16.3. The number of para-hydroxylation sites is 1. The number of pyridine rings is 1. The van der Waals surface area contributed by atoms with Crippen molar-refractivity contribution < 1.29 is 9.21 Å². The highest BCUT2D eigenvalue weighted by Gasteiger charge is 2.32. The maximum absolute atomic E-state index is 12.8. The summed E-state index contributed by atoms with van der Waals surface area (Å²) in [5, 5.41) is 9.58. The number of fused-ring (bicyclic) bond motifs is 2. The zero-order valence-electron chi connectivity index (χ0n) is 14.7. The summed E-state index contributed by atoms with van der Waals surface area (Å²) in [6, 6.07) is 15.5. The molecule has 1 aromatic carbocycles. The van der Waals surface area contributed by atoms with Crippen LogP contribution in [0.15, 0.2) is 65.2 Å². The lowest BCUT2D eigenvalue weighted by Gasteiger charge is -2.21. The van der Waals surface area contributed by atoms with Gasteiger partial charge in [-0.15, -0.1) is 10.2 Å². The standard InChI is InChI=1S/C21H18N4O2/c26-20(11-10-16-14-15-6-1-2-8-18(15)27-16)24-13-5-7-17(24)21-23-22-19-9-3-4-12-25(19)21/h1-4,6,8-12,14,17H,5,7,13H2/b11-10+/t17-/m0/s1. The van der Waals surface area contributed by atoms with E-state index in [-0.39, 0.29) is 11.9 Å². The molecule has 6 nitrogen and oxygen atoms in total. The van der Waals surface area contributed by atoms with Crippen LogP contribution in [0.25, 0.3) is 22.7 Å². The predicted octanol–water partition coefficient (Wildman–Crippen LogP) is 3.85. The van der Waals surface area contributed by atoms with Gasteiger partial charge in [-0.3, -0.25) is 9.20 Å². The first-order chi connectivity index (χ1) is 13.3. The molecule has 3 aromatic heterocycles. The maximum atomic E-state index is 12.8. The minimum absolute atomic E-state index is 0.0364. The minimum Gasteiger partial charge on any atom is -0.457 e. The Morgan fingerprint density at radius 2 is 2.04 bits per heavy atom. The van der Waals surface area contributed by atoms with Gasteiger partial charge in [0.2, 0.25) is 5.91 Å². The summed E-state index contributed by atoms with van der Waals surface area (Å²) >= 11 is 0. The maximum Gasteiger partial charge on any atom is 0.247 e. The molecule has 0 unspecified atom stereocenters. The molecule has 0 aliphatic carbocycles. The van der Waals surface area contributed by atoms with E-state index in [1.54, 1.807) is 12.2 Å². The number of nitrogens with zero attached hydrogens (tertiary/aromatic N) is 4. The Bertz CT molecular complexity index is 1120. The number of benzene rings is 1. The molecule has 5 rings (SSSR count). The monoisotopic (exact) mass is 358 g/mol. The van der Waals surface area contributed by atoms with E-state index in [9.17, 15) is 4.79 Å². The van der Waals surface area contributed by atoms with E-state index in [1.807, 2.05) is 64.0 Å². The summed E-state index contributed by atoms with van der Waals surface area (Å²) in [7, 11) is 0. The number of hydrogen-bond acceptors (Lipinski definition) is 4. The normalized spacial score (nSPS) is 17.5. The Hall–Kier alpha value is -3.41. The molecule has 1 saturated heterocycles. The number of amides is 1. The molecule has 1 aliphatic heterocycles. The van der Waals surface area contributed by atoms with Crippen molar-refractivity contribution in [2.45, 2.75) is 18.9 Å². The van der Waals surface area contributed by atoms with Gasteiger partial charge < -0.3 is 9.32 Å². The Balaban J connectivity index is 1.40. The van der Waals surface area contributed by atoms with Gasteiger partial charge >= 0.3 is 0 Å². The molecule has 4 heterocycles. The molecule has 1 aliphatic rings. The molecule has 6 heteroatoms. The molecule has 0 saturated carbocycles. The Kier molecular flexibility index (Phi) is 3.74. The number of carbonyl (C=O) groups is 1. The van der Waals surface area contributed by atoms with Crippen molar-refractivity contribution in [2.24, 2.45) is 0 Å². The Labute approximate surface area is 155 Å². The van der Waals surface area contributed by atoms with Crippen LogP contribution in [0.3, 0.4) is 0 Å². The van der Waals surface area contributed by atoms with Gasteiger partial charge in [0.05, 0.1) is 6.04 Å². The topological polar surface area (TPSA) is 63.6 Å². The molecule has 27 heavy (non-hydrogen) atoms. The second-order valence-electron chi connectivity index (χ2n) is 6.70. The van der Waals surface area contributed by atoms with E-state index in [1.165, 1.54) is 0 Å². The summed E-state index contributed by atoms with van der Waals surface area (Å²) in [4.78, 5) is 14.7. The molecule has 0 N–H and O–H groups in total. The van der Waals surface area contributed by atoms with Crippen LogP contribution in [0.5, 0.6) is 0 Å². The van der Waals surface area contributed by atoms with Crippen LogP contribution in [0.1, 0.15) is 30.5 Å². The molecule has 1 amide bonds. The smallest absolute Gasteiger partial charge is 0.247 e. The lowest BCUT2D eigenvalue weighted by atomic mass is 10.2. The van der Waals surface area contributed by atoms with Crippen molar-refractivity contribution in [1.29, 1.82) is 0 Å². The molecule has 134 valence electrons. The predicted molar refractivity (Wildman–Crippen MR) is 102 cm³/mol. The van der Waals surface area contributed by atoms with E-state index in [2.05, 4.69) is 10.2 Å². The highest BCUT2D eigenvalue weighted by molar-refractivity contribution is 5.92. The van der Waals surface area contributed by atoms with Gasteiger partial charge in [-0.1, -0.05) is 24.3 Å². The second-order valence-corrected chi connectivity index (χ2v) is 6.70. The van der Waals surface area contributed by atoms with Crippen LogP contribution in [0.4, 0.5) is 0 Å². The molecule has 0 bridgehead atoms. The first-order valence-corrected chi connectivity index (χ1v) is 9.06. The van der Waals surface area contributed by atoms with Crippen LogP contribution in [0, 0.1) is 0 Å². The molecule has 0 radical (unpaired) electrons. The van der Waals surface area contributed by atoms with Gasteiger partial charge in [-0.25, -0.2) is 0 Å². The van der Waals surface area contributed by atoms with Crippen LogP contribution in [-0.4, -0.2) is 31.9 Å². The minimum atomic E-state index is -0.0600.